The Morgan fingerprint density at radius 2 is 1.75 bits per heavy atom. The summed E-state index contributed by atoms with van der Waals surface area (Å²) in [5.41, 5.74) is 4.09. The highest BCUT2D eigenvalue weighted by Crippen LogP contribution is 2.38. The van der Waals surface area contributed by atoms with E-state index in [0.29, 0.717) is 29.6 Å². The summed E-state index contributed by atoms with van der Waals surface area (Å²) in [6, 6.07) is 19.4. The van der Waals surface area contributed by atoms with Crippen molar-refractivity contribution in [2.45, 2.75) is 57.3 Å². The number of ether oxygens (including phenoxy) is 1. The number of nitrogens with zero attached hydrogens (tertiary/aromatic N) is 1. The standard InChI is InChI=1S/C37H32ClF3N2O5/c38-27-13-9-24(10-14-27)19-28(42-36(46)34-21-32(44)31-20-29(48-37(39,40)41)15-16-33(31)47-34)18-23-7-11-25(12-8-23)30-5-2-1-4-26(30)22-43-17-3-6-35(43)45/h1-2,4-5,9-10,13-16,18-21,25H,3,6-8,11-12,17,22H2,(H,42,46)/b23-18?,28-19-. The quantitative estimate of drug-likeness (QED) is 0.202. The van der Waals surface area contributed by atoms with E-state index in [9.17, 15) is 27.6 Å². The van der Waals surface area contributed by atoms with E-state index in [1.165, 1.54) is 11.1 Å². The number of rotatable bonds is 8. The lowest BCUT2D eigenvalue weighted by molar-refractivity contribution is -0.274. The summed E-state index contributed by atoms with van der Waals surface area (Å²) in [6.45, 7) is 1.42. The van der Waals surface area contributed by atoms with Crippen molar-refractivity contribution in [2.24, 2.45) is 0 Å². The number of halogens is 4. The Morgan fingerprint density at radius 1 is 1.00 bits per heavy atom. The number of likely N-dealkylation sites (tertiary alicyclic amines) is 1. The largest absolute Gasteiger partial charge is 0.573 e. The SMILES string of the molecule is O=C(N/C(C=C1CCC(c2ccccc2CN2CCCC2=O)CC1)=C\c1ccc(Cl)cc1)c1cc(=O)c2cc(OC(F)(F)F)ccc2o1. The number of hydrogen-bond acceptors (Lipinski definition) is 5. The number of carbonyl (C=O) groups excluding carboxylic acids is 2. The number of amides is 2. The molecule has 0 unspecified atom stereocenters. The van der Waals surface area contributed by atoms with Crippen molar-refractivity contribution in [3.8, 4) is 5.75 Å². The molecule has 2 amide bonds. The first-order valence-electron chi connectivity index (χ1n) is 15.7. The molecule has 1 aromatic heterocycles. The minimum atomic E-state index is -4.92. The van der Waals surface area contributed by atoms with Crippen molar-refractivity contribution >= 4 is 40.5 Å². The molecule has 0 spiro atoms. The molecule has 48 heavy (non-hydrogen) atoms. The molecular formula is C37H32ClF3N2O5. The molecule has 1 N–H and O–H groups in total. The Bertz CT molecular complexity index is 1960. The van der Waals surface area contributed by atoms with Gasteiger partial charge in [0.1, 0.15) is 11.3 Å². The lowest BCUT2D eigenvalue weighted by Crippen LogP contribution is -2.25. The van der Waals surface area contributed by atoms with Crippen molar-refractivity contribution in [2.75, 3.05) is 6.54 Å². The van der Waals surface area contributed by atoms with Gasteiger partial charge in [0.2, 0.25) is 5.91 Å². The number of alkyl halides is 3. The van der Waals surface area contributed by atoms with Crippen LogP contribution in [0.25, 0.3) is 17.0 Å². The predicted octanol–water partition coefficient (Wildman–Crippen LogP) is 8.52. The zero-order valence-electron chi connectivity index (χ0n) is 25.8. The minimum Gasteiger partial charge on any atom is -0.451 e. The van der Waals surface area contributed by atoms with Crippen molar-refractivity contribution in [3.05, 3.63) is 128 Å². The maximum atomic E-state index is 13.4. The fourth-order valence-electron chi connectivity index (χ4n) is 6.31. The average molecular weight is 677 g/mol. The van der Waals surface area contributed by atoms with Crippen molar-refractivity contribution in [1.82, 2.24) is 10.2 Å². The Hall–Kier alpha value is -4.83. The van der Waals surface area contributed by atoms with Crippen molar-refractivity contribution in [1.29, 1.82) is 0 Å². The number of nitrogens with one attached hydrogen (secondary N) is 1. The zero-order valence-corrected chi connectivity index (χ0v) is 26.6. The van der Waals surface area contributed by atoms with E-state index in [1.807, 2.05) is 35.2 Å². The first-order chi connectivity index (χ1) is 23.0. The molecule has 11 heteroatoms. The topological polar surface area (TPSA) is 88.9 Å². The predicted molar refractivity (Wildman–Crippen MR) is 176 cm³/mol. The van der Waals surface area contributed by atoms with Crippen LogP contribution in [0.1, 0.15) is 71.7 Å². The van der Waals surface area contributed by atoms with Gasteiger partial charge >= 0.3 is 6.36 Å². The highest BCUT2D eigenvalue weighted by Gasteiger charge is 2.31. The molecule has 2 heterocycles. The van der Waals surface area contributed by atoms with E-state index in [2.05, 4.69) is 22.2 Å². The Balaban J connectivity index is 1.21. The third kappa shape index (κ3) is 8.17. The molecule has 1 saturated carbocycles. The summed E-state index contributed by atoms with van der Waals surface area (Å²) >= 11 is 6.07. The fraction of sp³-hybridized carbons (Fsp3) is 0.270. The van der Waals surface area contributed by atoms with Crippen LogP contribution in [0, 0.1) is 0 Å². The molecule has 0 bridgehead atoms. The van der Waals surface area contributed by atoms with Crippen LogP contribution in [0.3, 0.4) is 0 Å². The lowest BCUT2D eigenvalue weighted by Gasteiger charge is -2.28. The van der Waals surface area contributed by atoms with Gasteiger partial charge in [0, 0.05) is 36.3 Å². The van der Waals surface area contributed by atoms with Gasteiger partial charge in [-0.05, 0) is 97.2 Å². The molecule has 7 nitrogen and oxygen atoms in total. The van der Waals surface area contributed by atoms with Crippen LogP contribution in [0.4, 0.5) is 13.2 Å². The number of fused-ring (bicyclic) bond motifs is 1. The van der Waals surface area contributed by atoms with Crippen LogP contribution in [0.5, 0.6) is 5.75 Å². The summed E-state index contributed by atoms with van der Waals surface area (Å²) in [5.74, 6) is -1.02. The van der Waals surface area contributed by atoms with Crippen LogP contribution in [0.15, 0.2) is 99.4 Å². The molecule has 0 radical (unpaired) electrons. The highest BCUT2D eigenvalue weighted by molar-refractivity contribution is 6.30. The van der Waals surface area contributed by atoms with E-state index >= 15 is 0 Å². The monoisotopic (exact) mass is 676 g/mol. The fourth-order valence-corrected chi connectivity index (χ4v) is 6.43. The summed E-state index contributed by atoms with van der Waals surface area (Å²) in [7, 11) is 0. The van der Waals surface area contributed by atoms with Crippen molar-refractivity contribution < 1.29 is 31.9 Å². The summed E-state index contributed by atoms with van der Waals surface area (Å²) in [5, 5.41) is 3.25. The van der Waals surface area contributed by atoms with Gasteiger partial charge in [-0.25, -0.2) is 0 Å². The molecule has 1 saturated heterocycles. The van der Waals surface area contributed by atoms with Crippen LogP contribution >= 0.6 is 11.6 Å². The second-order valence-electron chi connectivity index (χ2n) is 12.0. The maximum absolute atomic E-state index is 13.4. The van der Waals surface area contributed by atoms with Crippen molar-refractivity contribution in [3.63, 3.8) is 0 Å². The van der Waals surface area contributed by atoms with E-state index in [4.69, 9.17) is 16.0 Å². The molecule has 2 fully saturated rings. The molecule has 248 valence electrons. The number of allylic oxidation sites excluding steroid dienone is 2. The molecule has 3 aromatic carbocycles. The Kier molecular flexibility index (Phi) is 9.73. The third-order valence-electron chi connectivity index (χ3n) is 8.62. The van der Waals surface area contributed by atoms with Crippen LogP contribution in [0.2, 0.25) is 5.02 Å². The number of hydrogen-bond donors (Lipinski definition) is 1. The molecule has 1 aliphatic heterocycles. The first-order valence-corrected chi connectivity index (χ1v) is 16.1. The average Bonchev–Trinajstić information content (AvgIpc) is 3.46. The minimum absolute atomic E-state index is 0.0588. The van der Waals surface area contributed by atoms with Gasteiger partial charge in [-0.1, -0.05) is 53.6 Å². The number of carbonyl (C=O) groups is 2. The van der Waals surface area contributed by atoms with Crippen LogP contribution < -0.4 is 15.5 Å². The zero-order chi connectivity index (χ0) is 33.8. The van der Waals surface area contributed by atoms with Crippen LogP contribution in [-0.2, 0) is 11.3 Å². The van der Waals surface area contributed by atoms with E-state index in [1.54, 1.807) is 18.2 Å². The maximum Gasteiger partial charge on any atom is 0.573 e. The van der Waals surface area contributed by atoms with Gasteiger partial charge in [0.25, 0.3) is 5.91 Å². The van der Waals surface area contributed by atoms with Gasteiger partial charge in [-0.3, -0.25) is 14.4 Å². The highest BCUT2D eigenvalue weighted by atomic mass is 35.5. The molecule has 4 aromatic rings. The van der Waals surface area contributed by atoms with E-state index in [0.717, 1.165) is 74.1 Å². The molecular weight excluding hydrogens is 645 g/mol. The van der Waals surface area contributed by atoms with Crippen LogP contribution in [-0.4, -0.2) is 29.6 Å². The second kappa shape index (κ2) is 14.1. The Morgan fingerprint density at radius 3 is 2.46 bits per heavy atom. The number of benzene rings is 3. The van der Waals surface area contributed by atoms with Gasteiger partial charge in [-0.15, -0.1) is 13.2 Å². The Labute approximate surface area is 279 Å². The second-order valence-corrected chi connectivity index (χ2v) is 12.4. The molecule has 2 aliphatic rings. The summed E-state index contributed by atoms with van der Waals surface area (Å²) < 4.78 is 47.5. The van der Waals surface area contributed by atoms with Gasteiger partial charge in [0.15, 0.2) is 11.2 Å². The normalized spacial score (nSPS) is 17.1. The first kappa shape index (κ1) is 33.1. The lowest BCUT2D eigenvalue weighted by atomic mass is 9.79. The molecule has 6 rings (SSSR count). The summed E-state index contributed by atoms with van der Waals surface area (Å²) in [6.07, 6.45) is 3.69. The molecule has 1 aliphatic carbocycles. The van der Waals surface area contributed by atoms with E-state index < -0.39 is 23.4 Å². The summed E-state index contributed by atoms with van der Waals surface area (Å²) in [4.78, 5) is 40.4. The van der Waals surface area contributed by atoms with E-state index in [-0.39, 0.29) is 22.6 Å². The van der Waals surface area contributed by atoms with Gasteiger partial charge in [-0.2, -0.15) is 0 Å². The smallest absolute Gasteiger partial charge is 0.451 e. The van der Waals surface area contributed by atoms with Gasteiger partial charge in [0.05, 0.1) is 5.39 Å². The molecule has 0 atom stereocenters. The van der Waals surface area contributed by atoms with Gasteiger partial charge < -0.3 is 19.4 Å². The third-order valence-corrected chi connectivity index (χ3v) is 8.87.